The number of amides is 3. The molecule has 0 aromatic heterocycles. The summed E-state index contributed by atoms with van der Waals surface area (Å²) in [6.07, 6.45) is -22.5. The summed E-state index contributed by atoms with van der Waals surface area (Å²) < 4.78 is 439. The second-order valence-corrected chi connectivity index (χ2v) is 22.3. The molecular formula is C33H27F27N6O9S3. The number of carbonyl (C=O) groups is 3. The van der Waals surface area contributed by atoms with Gasteiger partial charge in [-0.3, -0.25) is 14.4 Å². The number of alkyl halides is 27. The third-order valence-corrected chi connectivity index (χ3v) is 17.4. The lowest BCUT2D eigenvalue weighted by Gasteiger charge is -2.39. The van der Waals surface area contributed by atoms with Gasteiger partial charge in [0.2, 0.25) is 0 Å². The minimum Gasteiger partial charge on any atom is -0.336 e. The number of benzene rings is 1. The molecule has 15 nitrogen and oxygen atoms in total. The highest BCUT2D eigenvalue weighted by molar-refractivity contribution is 7.90. The molecule has 3 fully saturated rings. The molecule has 3 heterocycles. The van der Waals surface area contributed by atoms with Crippen LogP contribution < -0.4 is 0 Å². The normalized spacial score (nSPS) is 19.3. The van der Waals surface area contributed by atoms with Crippen molar-refractivity contribution in [3.63, 3.8) is 0 Å². The Morgan fingerprint density at radius 1 is 0.282 bits per heavy atom. The maximum Gasteiger partial charge on any atom is 0.460 e. The monoisotopic (exact) mass is 1260 g/mol. The van der Waals surface area contributed by atoms with Crippen molar-refractivity contribution in [3.8, 4) is 0 Å². The molecule has 3 saturated heterocycles. The molecule has 0 spiro atoms. The maximum atomic E-state index is 14.5. The van der Waals surface area contributed by atoms with Crippen molar-refractivity contribution in [1.29, 1.82) is 0 Å². The van der Waals surface area contributed by atoms with E-state index in [4.69, 9.17) is 0 Å². The zero-order valence-electron chi connectivity index (χ0n) is 37.0. The Balaban J connectivity index is 1.69. The second kappa shape index (κ2) is 19.9. The Hall–Kier alpha value is -4.53. The number of halogens is 27. The molecule has 78 heavy (non-hydrogen) atoms. The number of sulfonamides is 3. The second-order valence-electron chi connectivity index (χ2n) is 16.4. The van der Waals surface area contributed by atoms with Crippen molar-refractivity contribution >= 4 is 47.8 Å². The van der Waals surface area contributed by atoms with E-state index in [9.17, 15) is 158 Å². The van der Waals surface area contributed by atoms with Crippen LogP contribution in [-0.4, -0.2) is 219 Å². The van der Waals surface area contributed by atoms with Crippen molar-refractivity contribution < 1.29 is 158 Å². The fraction of sp³-hybridized carbons (Fsp3) is 0.727. The molecule has 0 saturated carbocycles. The average molecular weight is 1260 g/mol. The summed E-state index contributed by atoms with van der Waals surface area (Å²) in [5.41, 5.74) is -3.32. The Morgan fingerprint density at radius 3 is 0.577 bits per heavy atom. The van der Waals surface area contributed by atoms with E-state index in [1.54, 1.807) is 0 Å². The third kappa shape index (κ3) is 10.1. The number of hydrogen-bond acceptors (Lipinski definition) is 9. The van der Waals surface area contributed by atoms with E-state index in [-0.39, 0.29) is 14.7 Å². The van der Waals surface area contributed by atoms with Crippen LogP contribution in [0.2, 0.25) is 0 Å². The number of rotatable bonds is 15. The molecule has 4 rings (SSSR count). The van der Waals surface area contributed by atoms with Crippen LogP contribution in [0.15, 0.2) is 18.2 Å². The summed E-state index contributed by atoms with van der Waals surface area (Å²) >= 11 is 0. The van der Waals surface area contributed by atoms with Gasteiger partial charge in [0.1, 0.15) is 0 Å². The molecule has 0 radical (unpaired) electrons. The average Bonchev–Trinajstić information content (AvgIpc) is 3.31. The lowest BCUT2D eigenvalue weighted by atomic mass is 10.0. The van der Waals surface area contributed by atoms with Gasteiger partial charge in [0, 0.05) is 95.2 Å². The summed E-state index contributed by atoms with van der Waals surface area (Å²) in [6.45, 7) is -18.2. The number of nitrogens with zero attached hydrogens (tertiary/aromatic N) is 6. The van der Waals surface area contributed by atoms with Crippen molar-refractivity contribution in [1.82, 2.24) is 27.6 Å². The quantitative estimate of drug-likeness (QED) is 0.185. The van der Waals surface area contributed by atoms with E-state index in [1.165, 1.54) is 0 Å². The van der Waals surface area contributed by atoms with Gasteiger partial charge in [-0.25, -0.2) is 25.3 Å². The van der Waals surface area contributed by atoms with Crippen molar-refractivity contribution in [3.05, 3.63) is 34.9 Å². The van der Waals surface area contributed by atoms with Gasteiger partial charge in [-0.2, -0.15) is 131 Å². The van der Waals surface area contributed by atoms with Crippen molar-refractivity contribution in [2.45, 2.75) is 69.8 Å². The molecule has 0 aliphatic carbocycles. The van der Waals surface area contributed by atoms with E-state index >= 15 is 0 Å². The molecule has 3 aliphatic rings. The summed E-state index contributed by atoms with van der Waals surface area (Å²) in [4.78, 5) is 42.1. The molecule has 0 N–H and O–H groups in total. The first-order chi connectivity index (χ1) is 34.4. The standard InChI is InChI=1S/C33H27F27N6O9S3/c34-22(35,28(46,47)48)25(40,41)31(55,56)76(70,71)64-7-1-61(2-8-64)19(67)16-13-17(20(68)62-3-9-65(10-4-62)77(72,73)32(57,58)26(42,43)23(36,37)29(49,50)51)15-18(14-16)21(69)63-5-11-66(12-6-63)78(74,75)33(59,60)27(44,45)24(38,39)30(52,53)54/h13-15H,1-12H2. The van der Waals surface area contributed by atoms with Crippen LogP contribution in [0.4, 0.5) is 119 Å². The van der Waals surface area contributed by atoms with Crippen LogP contribution in [0.1, 0.15) is 31.1 Å². The van der Waals surface area contributed by atoms with Gasteiger partial charge in [0.05, 0.1) is 0 Å². The van der Waals surface area contributed by atoms with Crippen LogP contribution in [-0.2, 0) is 30.1 Å². The highest BCUT2D eigenvalue weighted by Crippen LogP contribution is 2.58. The van der Waals surface area contributed by atoms with Gasteiger partial charge in [-0.15, -0.1) is 0 Å². The number of piperazine rings is 3. The van der Waals surface area contributed by atoms with E-state index in [0.717, 1.165) is 0 Å². The van der Waals surface area contributed by atoms with E-state index < -0.39 is 226 Å². The molecule has 0 unspecified atom stereocenters. The fourth-order valence-corrected chi connectivity index (χ4v) is 11.3. The SMILES string of the molecule is O=C(c1cc(C(=O)N2CCN(S(=O)(=O)C(F)(F)C(F)(F)C(F)(F)C(F)(F)F)CC2)cc(C(=O)N2CCN(S(=O)(=O)C(F)(F)C(F)(F)C(F)(F)C(F)(F)F)CC2)c1)N1CCN(S(=O)(=O)C(F)(F)C(F)(F)C(F)(F)C(F)(F)F)CC1. The van der Waals surface area contributed by atoms with E-state index in [2.05, 4.69) is 0 Å². The lowest BCUT2D eigenvalue weighted by Crippen LogP contribution is -2.66. The molecule has 3 amide bonds. The molecule has 0 bridgehead atoms. The topological polar surface area (TPSA) is 173 Å². The zero-order valence-corrected chi connectivity index (χ0v) is 39.5. The minimum atomic E-state index is -7.73. The molecule has 1 aromatic rings. The Kier molecular flexibility index (Phi) is 16.8. The first-order valence-electron chi connectivity index (χ1n) is 20.1. The predicted octanol–water partition coefficient (Wildman–Crippen LogP) is 6.23. The van der Waals surface area contributed by atoms with E-state index in [0.29, 0.717) is 18.2 Å². The van der Waals surface area contributed by atoms with Gasteiger partial charge in [-0.1, -0.05) is 0 Å². The highest BCUT2D eigenvalue weighted by atomic mass is 32.2. The van der Waals surface area contributed by atoms with Crippen LogP contribution in [0, 0.1) is 0 Å². The molecular weight excluding hydrogens is 1230 g/mol. The van der Waals surface area contributed by atoms with Gasteiger partial charge in [0.25, 0.3) is 47.8 Å². The molecule has 0 atom stereocenters. The lowest BCUT2D eigenvalue weighted by molar-refractivity contribution is -0.382. The molecule has 45 heteroatoms. The Bertz CT molecular complexity index is 2510. The minimum absolute atomic E-state index is 0.286. The highest BCUT2D eigenvalue weighted by Gasteiger charge is 2.88. The number of carbonyl (C=O) groups excluding carboxylic acids is 3. The smallest absolute Gasteiger partial charge is 0.336 e. The molecule has 450 valence electrons. The largest absolute Gasteiger partial charge is 0.460 e. The van der Waals surface area contributed by atoms with E-state index in [1.807, 2.05) is 0 Å². The summed E-state index contributed by atoms with van der Waals surface area (Å²) in [5, 5.41) is -21.8. The van der Waals surface area contributed by atoms with Crippen LogP contribution >= 0.6 is 0 Å². The molecule has 3 aliphatic heterocycles. The van der Waals surface area contributed by atoms with Gasteiger partial charge >= 0.3 is 69.8 Å². The summed E-state index contributed by atoms with van der Waals surface area (Å²) in [7, 11) is -21.9. The van der Waals surface area contributed by atoms with Crippen LogP contribution in [0.5, 0.6) is 0 Å². The fourth-order valence-electron chi connectivity index (χ4n) is 7.00. The van der Waals surface area contributed by atoms with Gasteiger partial charge < -0.3 is 14.7 Å². The summed E-state index contributed by atoms with van der Waals surface area (Å²) in [6, 6.07) is 1.08. The van der Waals surface area contributed by atoms with Gasteiger partial charge in [-0.05, 0) is 18.2 Å². The van der Waals surface area contributed by atoms with Crippen molar-refractivity contribution in [2.24, 2.45) is 0 Å². The third-order valence-electron chi connectivity index (χ3n) is 11.6. The predicted molar refractivity (Wildman–Crippen MR) is 198 cm³/mol. The van der Waals surface area contributed by atoms with Gasteiger partial charge in [0.15, 0.2) is 0 Å². The zero-order chi connectivity index (χ0) is 61.0. The Labute approximate surface area is 416 Å². The maximum absolute atomic E-state index is 14.5. The first-order valence-corrected chi connectivity index (χ1v) is 24.4. The Morgan fingerprint density at radius 2 is 0.436 bits per heavy atom. The van der Waals surface area contributed by atoms with Crippen LogP contribution in [0.25, 0.3) is 0 Å². The van der Waals surface area contributed by atoms with Crippen LogP contribution in [0.3, 0.4) is 0 Å². The number of hydrogen-bond donors (Lipinski definition) is 0. The van der Waals surface area contributed by atoms with Crippen molar-refractivity contribution in [2.75, 3.05) is 78.5 Å². The summed E-state index contributed by atoms with van der Waals surface area (Å²) in [5.74, 6) is -51.4. The molecule has 1 aromatic carbocycles. The first kappa shape index (κ1) is 66.0.